The van der Waals surface area contributed by atoms with Crippen molar-refractivity contribution in [3.63, 3.8) is 0 Å². The summed E-state index contributed by atoms with van der Waals surface area (Å²) in [7, 11) is 0. The summed E-state index contributed by atoms with van der Waals surface area (Å²) < 4.78 is 1.79. The molecule has 0 unspecified atom stereocenters. The summed E-state index contributed by atoms with van der Waals surface area (Å²) >= 11 is 0. The van der Waals surface area contributed by atoms with E-state index in [1.165, 1.54) is 0 Å². The van der Waals surface area contributed by atoms with Gasteiger partial charge in [0.15, 0.2) is 0 Å². The summed E-state index contributed by atoms with van der Waals surface area (Å²) in [5.41, 5.74) is 5.16. The van der Waals surface area contributed by atoms with Crippen LogP contribution in [0.3, 0.4) is 0 Å². The van der Waals surface area contributed by atoms with Gasteiger partial charge in [-0.3, -0.25) is 4.98 Å². The average Bonchev–Trinajstić information content (AvgIpc) is 3.19. The minimum absolute atomic E-state index is 0.863. The standard InChI is InChI=1S/C21H16N4/c1-2-4-19(5-3-1)21-16-25(24-23-21)20-10-8-17(9-11-20)6-7-18-12-14-22-15-13-18/h1-16H. The van der Waals surface area contributed by atoms with E-state index in [1.807, 2.05) is 60.8 Å². The van der Waals surface area contributed by atoms with Gasteiger partial charge in [-0.2, -0.15) is 0 Å². The lowest BCUT2D eigenvalue weighted by molar-refractivity contribution is 0.804. The fraction of sp³-hybridized carbons (Fsp3) is 0. The third kappa shape index (κ3) is 3.53. The summed E-state index contributed by atoms with van der Waals surface area (Å²) in [5.74, 6) is 0. The predicted octanol–water partition coefficient (Wildman–Crippen LogP) is 4.50. The zero-order valence-corrected chi connectivity index (χ0v) is 13.5. The Kier molecular flexibility index (Phi) is 4.16. The number of benzene rings is 2. The van der Waals surface area contributed by atoms with Gasteiger partial charge in [0.2, 0.25) is 0 Å². The summed E-state index contributed by atoms with van der Waals surface area (Å²) in [4.78, 5) is 4.02. The lowest BCUT2D eigenvalue weighted by atomic mass is 10.1. The smallest absolute Gasteiger partial charge is 0.113 e. The first kappa shape index (κ1) is 15.0. The minimum atomic E-state index is 0.863. The quantitative estimate of drug-likeness (QED) is 0.555. The normalized spacial score (nSPS) is 11.0. The molecule has 4 rings (SSSR count). The highest BCUT2D eigenvalue weighted by Gasteiger charge is 2.04. The van der Waals surface area contributed by atoms with Crippen molar-refractivity contribution in [3.8, 4) is 16.9 Å². The van der Waals surface area contributed by atoms with E-state index in [0.717, 1.165) is 28.1 Å². The van der Waals surface area contributed by atoms with Crippen molar-refractivity contribution in [1.82, 2.24) is 20.0 Å². The fourth-order valence-corrected chi connectivity index (χ4v) is 2.54. The van der Waals surface area contributed by atoms with E-state index in [2.05, 4.69) is 39.6 Å². The monoisotopic (exact) mass is 324 g/mol. The van der Waals surface area contributed by atoms with Gasteiger partial charge >= 0.3 is 0 Å². The van der Waals surface area contributed by atoms with Crippen molar-refractivity contribution in [3.05, 3.63) is 96.4 Å². The van der Waals surface area contributed by atoms with Crippen LogP contribution in [0.15, 0.2) is 85.3 Å². The molecule has 0 saturated heterocycles. The van der Waals surface area contributed by atoms with Crippen LogP contribution in [0, 0.1) is 0 Å². The van der Waals surface area contributed by atoms with Gasteiger partial charge in [0.1, 0.15) is 5.69 Å². The molecule has 0 aliphatic carbocycles. The first-order valence-electron chi connectivity index (χ1n) is 8.05. The number of pyridine rings is 1. The summed E-state index contributed by atoms with van der Waals surface area (Å²) in [5, 5.41) is 8.48. The van der Waals surface area contributed by atoms with E-state index < -0.39 is 0 Å². The van der Waals surface area contributed by atoms with Crippen molar-refractivity contribution in [2.24, 2.45) is 0 Å². The van der Waals surface area contributed by atoms with Gasteiger partial charge < -0.3 is 0 Å². The Hall–Kier alpha value is -3.53. The second kappa shape index (κ2) is 6.93. The third-order valence-electron chi connectivity index (χ3n) is 3.89. The molecule has 0 radical (unpaired) electrons. The molecule has 0 amide bonds. The molecule has 0 saturated carbocycles. The maximum Gasteiger partial charge on any atom is 0.113 e. The van der Waals surface area contributed by atoms with Gasteiger partial charge in [-0.15, -0.1) is 5.10 Å². The van der Waals surface area contributed by atoms with Crippen LogP contribution in [0.2, 0.25) is 0 Å². The summed E-state index contributed by atoms with van der Waals surface area (Å²) in [6, 6.07) is 22.2. The lowest BCUT2D eigenvalue weighted by Gasteiger charge is -2.00. The molecule has 2 heterocycles. The SMILES string of the molecule is C(=Cc1ccc(-n2cc(-c3ccccc3)nn2)cc1)c1ccncc1. The highest BCUT2D eigenvalue weighted by atomic mass is 15.4. The van der Waals surface area contributed by atoms with Gasteiger partial charge in [-0.05, 0) is 35.4 Å². The van der Waals surface area contributed by atoms with E-state index in [-0.39, 0.29) is 0 Å². The molecule has 0 aliphatic rings. The van der Waals surface area contributed by atoms with Crippen LogP contribution in [0.5, 0.6) is 0 Å². The molecule has 0 bridgehead atoms. The first-order valence-corrected chi connectivity index (χ1v) is 8.05. The Bertz CT molecular complexity index is 971. The van der Waals surface area contributed by atoms with E-state index in [1.54, 1.807) is 17.1 Å². The molecule has 2 aromatic heterocycles. The Morgan fingerprint density at radius 1 is 0.720 bits per heavy atom. The Labute approximate surface area is 146 Å². The topological polar surface area (TPSA) is 43.6 Å². The van der Waals surface area contributed by atoms with Crippen LogP contribution < -0.4 is 0 Å². The van der Waals surface area contributed by atoms with E-state index >= 15 is 0 Å². The van der Waals surface area contributed by atoms with Crippen LogP contribution in [0.25, 0.3) is 29.1 Å². The van der Waals surface area contributed by atoms with E-state index in [4.69, 9.17) is 0 Å². The lowest BCUT2D eigenvalue weighted by Crippen LogP contribution is -1.94. The Balaban J connectivity index is 1.53. The van der Waals surface area contributed by atoms with Crippen molar-refractivity contribution in [1.29, 1.82) is 0 Å². The molecule has 0 atom stereocenters. The van der Waals surface area contributed by atoms with Crippen LogP contribution in [-0.4, -0.2) is 20.0 Å². The van der Waals surface area contributed by atoms with E-state index in [0.29, 0.717) is 0 Å². The molecule has 0 aliphatic heterocycles. The van der Waals surface area contributed by atoms with Crippen LogP contribution in [0.1, 0.15) is 11.1 Å². The second-order valence-corrected chi connectivity index (χ2v) is 5.62. The van der Waals surface area contributed by atoms with Gasteiger partial charge in [-0.1, -0.05) is 59.8 Å². The highest BCUT2D eigenvalue weighted by Crippen LogP contribution is 2.18. The Morgan fingerprint density at radius 2 is 1.40 bits per heavy atom. The maximum absolute atomic E-state index is 4.25. The van der Waals surface area contributed by atoms with Gasteiger partial charge in [0, 0.05) is 18.0 Å². The van der Waals surface area contributed by atoms with Crippen LogP contribution in [-0.2, 0) is 0 Å². The molecule has 25 heavy (non-hydrogen) atoms. The predicted molar refractivity (Wildman–Crippen MR) is 100.0 cm³/mol. The zero-order valence-electron chi connectivity index (χ0n) is 13.5. The van der Waals surface area contributed by atoms with Gasteiger partial charge in [0.25, 0.3) is 0 Å². The number of aromatic nitrogens is 4. The molecule has 2 aromatic carbocycles. The number of hydrogen-bond acceptors (Lipinski definition) is 3. The summed E-state index contributed by atoms with van der Waals surface area (Å²) in [6.07, 6.45) is 9.67. The van der Waals surface area contributed by atoms with Crippen LogP contribution >= 0.6 is 0 Å². The van der Waals surface area contributed by atoms with E-state index in [9.17, 15) is 0 Å². The molecule has 0 N–H and O–H groups in total. The fourth-order valence-electron chi connectivity index (χ4n) is 2.54. The summed E-state index contributed by atoms with van der Waals surface area (Å²) in [6.45, 7) is 0. The molecule has 4 nitrogen and oxygen atoms in total. The Morgan fingerprint density at radius 3 is 2.12 bits per heavy atom. The molecular formula is C21H16N4. The maximum atomic E-state index is 4.25. The van der Waals surface area contributed by atoms with Crippen molar-refractivity contribution in [2.45, 2.75) is 0 Å². The van der Waals surface area contributed by atoms with Crippen molar-refractivity contribution >= 4 is 12.2 Å². The molecular weight excluding hydrogens is 308 g/mol. The van der Waals surface area contributed by atoms with Gasteiger partial charge in [0.05, 0.1) is 11.9 Å². The number of rotatable bonds is 4. The average molecular weight is 324 g/mol. The van der Waals surface area contributed by atoms with Crippen molar-refractivity contribution < 1.29 is 0 Å². The highest BCUT2D eigenvalue weighted by molar-refractivity contribution is 5.69. The molecule has 0 fully saturated rings. The number of hydrogen-bond donors (Lipinski definition) is 0. The first-order chi connectivity index (χ1) is 12.4. The number of nitrogens with zero attached hydrogens (tertiary/aromatic N) is 4. The second-order valence-electron chi connectivity index (χ2n) is 5.62. The zero-order chi connectivity index (χ0) is 16.9. The molecule has 0 spiro atoms. The van der Waals surface area contributed by atoms with Gasteiger partial charge in [-0.25, -0.2) is 4.68 Å². The largest absolute Gasteiger partial charge is 0.265 e. The molecule has 4 aromatic rings. The molecule has 4 heteroatoms. The minimum Gasteiger partial charge on any atom is -0.265 e. The molecule has 120 valence electrons. The van der Waals surface area contributed by atoms with Crippen LogP contribution in [0.4, 0.5) is 0 Å². The third-order valence-corrected chi connectivity index (χ3v) is 3.89. The van der Waals surface area contributed by atoms with Crippen molar-refractivity contribution in [2.75, 3.05) is 0 Å².